The van der Waals surface area contributed by atoms with Gasteiger partial charge in [-0.05, 0) is 35.7 Å². The molecule has 1 fully saturated rings. The molecule has 7 nitrogen and oxygen atoms in total. The Morgan fingerprint density at radius 3 is 2.40 bits per heavy atom. The molecule has 1 N–H and O–H groups in total. The van der Waals surface area contributed by atoms with E-state index in [4.69, 9.17) is 0 Å². The fourth-order valence-electron chi connectivity index (χ4n) is 4.14. The third-order valence-corrected chi connectivity index (χ3v) is 5.66. The van der Waals surface area contributed by atoms with E-state index in [-0.39, 0.29) is 43.0 Å². The molecule has 0 saturated carbocycles. The van der Waals surface area contributed by atoms with Gasteiger partial charge >= 0.3 is 0 Å². The van der Waals surface area contributed by atoms with Crippen LogP contribution in [0.3, 0.4) is 0 Å². The SMILES string of the molecule is CC(=O)N1CCc2cc(NC(=O)CN3C(=O)CC(c4ccccc4)CC3=O)ccc21. The van der Waals surface area contributed by atoms with E-state index in [1.807, 2.05) is 36.4 Å². The molecule has 0 spiro atoms. The number of nitrogens with one attached hydrogen (secondary N) is 1. The monoisotopic (exact) mass is 405 g/mol. The van der Waals surface area contributed by atoms with E-state index < -0.39 is 5.91 Å². The summed E-state index contributed by atoms with van der Waals surface area (Å²) in [6.45, 7) is 1.86. The molecule has 2 aliphatic rings. The lowest BCUT2D eigenvalue weighted by molar-refractivity contribution is -0.150. The second kappa shape index (κ2) is 8.10. The molecule has 30 heavy (non-hydrogen) atoms. The summed E-state index contributed by atoms with van der Waals surface area (Å²) < 4.78 is 0. The maximum absolute atomic E-state index is 12.5. The second-order valence-corrected chi connectivity index (χ2v) is 7.70. The number of carbonyl (C=O) groups excluding carboxylic acids is 4. The number of carbonyl (C=O) groups is 4. The maximum Gasteiger partial charge on any atom is 0.244 e. The topological polar surface area (TPSA) is 86.8 Å². The Kier molecular flexibility index (Phi) is 5.35. The molecule has 4 amide bonds. The molecule has 0 atom stereocenters. The smallest absolute Gasteiger partial charge is 0.244 e. The molecular formula is C23H23N3O4. The zero-order chi connectivity index (χ0) is 21.3. The number of piperidine rings is 1. The number of hydrogen-bond acceptors (Lipinski definition) is 4. The number of benzene rings is 2. The largest absolute Gasteiger partial charge is 0.325 e. The van der Waals surface area contributed by atoms with Crippen LogP contribution in [0.1, 0.15) is 36.8 Å². The maximum atomic E-state index is 12.5. The Bertz CT molecular complexity index is 1000. The molecule has 2 heterocycles. The summed E-state index contributed by atoms with van der Waals surface area (Å²) in [5, 5.41) is 2.76. The van der Waals surface area contributed by atoms with Crippen LogP contribution in [-0.4, -0.2) is 41.6 Å². The van der Waals surface area contributed by atoms with E-state index in [1.165, 1.54) is 6.92 Å². The zero-order valence-corrected chi connectivity index (χ0v) is 16.8. The van der Waals surface area contributed by atoms with Crippen molar-refractivity contribution in [1.29, 1.82) is 0 Å². The van der Waals surface area contributed by atoms with Gasteiger partial charge in [0.1, 0.15) is 6.54 Å². The van der Waals surface area contributed by atoms with Gasteiger partial charge in [-0.25, -0.2) is 0 Å². The van der Waals surface area contributed by atoms with E-state index in [0.717, 1.165) is 28.1 Å². The molecule has 2 aromatic rings. The van der Waals surface area contributed by atoms with E-state index in [1.54, 1.807) is 17.0 Å². The van der Waals surface area contributed by atoms with Crippen molar-refractivity contribution in [3.63, 3.8) is 0 Å². The highest BCUT2D eigenvalue weighted by atomic mass is 16.2. The summed E-state index contributed by atoms with van der Waals surface area (Å²) >= 11 is 0. The first kappa shape index (κ1) is 19.8. The van der Waals surface area contributed by atoms with Crippen LogP contribution < -0.4 is 10.2 Å². The first-order valence-corrected chi connectivity index (χ1v) is 10.0. The molecule has 1 saturated heterocycles. The molecule has 0 aliphatic carbocycles. The van der Waals surface area contributed by atoms with Gasteiger partial charge in [-0.3, -0.25) is 24.1 Å². The predicted octanol–water partition coefficient (Wildman–Crippen LogP) is 2.47. The van der Waals surface area contributed by atoms with E-state index in [9.17, 15) is 19.2 Å². The second-order valence-electron chi connectivity index (χ2n) is 7.70. The van der Waals surface area contributed by atoms with Crippen molar-refractivity contribution in [2.45, 2.75) is 32.1 Å². The minimum atomic E-state index is -0.420. The molecule has 2 aliphatic heterocycles. The first-order valence-electron chi connectivity index (χ1n) is 10.0. The number of fused-ring (bicyclic) bond motifs is 1. The number of imide groups is 1. The normalized spacial score (nSPS) is 16.6. The number of rotatable bonds is 4. The lowest BCUT2D eigenvalue weighted by Crippen LogP contribution is -2.46. The Balaban J connectivity index is 1.38. The van der Waals surface area contributed by atoms with Crippen LogP contribution in [0.15, 0.2) is 48.5 Å². The van der Waals surface area contributed by atoms with Crippen LogP contribution in [0.4, 0.5) is 11.4 Å². The van der Waals surface area contributed by atoms with E-state index in [0.29, 0.717) is 12.2 Å². The lowest BCUT2D eigenvalue weighted by Gasteiger charge is -2.29. The number of nitrogens with zero attached hydrogens (tertiary/aromatic N) is 2. The van der Waals surface area contributed by atoms with Crippen LogP contribution in [0.5, 0.6) is 0 Å². The average molecular weight is 405 g/mol. The van der Waals surface area contributed by atoms with Crippen LogP contribution in [-0.2, 0) is 25.6 Å². The van der Waals surface area contributed by atoms with E-state index in [2.05, 4.69) is 5.32 Å². The van der Waals surface area contributed by atoms with Crippen LogP contribution in [0.25, 0.3) is 0 Å². The predicted molar refractivity (Wildman–Crippen MR) is 112 cm³/mol. The summed E-state index contributed by atoms with van der Waals surface area (Å²) in [6.07, 6.45) is 1.15. The fourth-order valence-corrected chi connectivity index (χ4v) is 4.14. The van der Waals surface area contributed by atoms with Crippen molar-refractivity contribution in [1.82, 2.24) is 4.90 Å². The number of hydrogen-bond donors (Lipinski definition) is 1. The molecule has 2 aromatic carbocycles. The zero-order valence-electron chi connectivity index (χ0n) is 16.8. The van der Waals surface area contributed by atoms with Crippen molar-refractivity contribution >= 4 is 35.0 Å². The quantitative estimate of drug-likeness (QED) is 0.792. The van der Waals surface area contributed by atoms with Crippen LogP contribution in [0, 0.1) is 0 Å². The number of anilines is 2. The Morgan fingerprint density at radius 1 is 1.03 bits per heavy atom. The fraction of sp³-hybridized carbons (Fsp3) is 0.304. The van der Waals surface area contributed by atoms with Gasteiger partial charge in [0.25, 0.3) is 0 Å². The van der Waals surface area contributed by atoms with Gasteiger partial charge in [-0.15, -0.1) is 0 Å². The molecular weight excluding hydrogens is 382 g/mol. The molecule has 0 radical (unpaired) electrons. The Hall–Kier alpha value is -3.48. The molecule has 7 heteroatoms. The molecule has 0 bridgehead atoms. The van der Waals surface area contributed by atoms with Crippen molar-refractivity contribution in [3.8, 4) is 0 Å². The van der Waals surface area contributed by atoms with Gasteiger partial charge in [-0.2, -0.15) is 0 Å². The highest BCUT2D eigenvalue weighted by molar-refractivity contribution is 6.04. The Labute approximate surface area is 174 Å². The lowest BCUT2D eigenvalue weighted by atomic mass is 9.88. The first-order chi connectivity index (χ1) is 14.4. The minimum Gasteiger partial charge on any atom is -0.325 e. The average Bonchev–Trinajstić information content (AvgIpc) is 3.15. The summed E-state index contributed by atoms with van der Waals surface area (Å²) in [5.41, 5.74) is 3.39. The highest BCUT2D eigenvalue weighted by Gasteiger charge is 2.34. The van der Waals surface area contributed by atoms with Gasteiger partial charge in [0.2, 0.25) is 23.6 Å². The van der Waals surface area contributed by atoms with E-state index >= 15 is 0 Å². The standard InChI is InChI=1S/C23H23N3O4/c1-15(27)25-10-9-17-11-19(7-8-20(17)25)24-21(28)14-26-22(29)12-18(13-23(26)30)16-5-3-2-4-6-16/h2-8,11,18H,9-10,12-14H2,1H3,(H,24,28). The molecule has 0 aromatic heterocycles. The van der Waals surface area contributed by atoms with Gasteiger partial charge in [0, 0.05) is 43.6 Å². The molecule has 4 rings (SSSR count). The van der Waals surface area contributed by atoms with Gasteiger partial charge in [-0.1, -0.05) is 30.3 Å². The molecule has 0 unspecified atom stereocenters. The van der Waals surface area contributed by atoms with Crippen molar-refractivity contribution < 1.29 is 19.2 Å². The molecule has 154 valence electrons. The summed E-state index contributed by atoms with van der Waals surface area (Å²) in [4.78, 5) is 51.9. The number of likely N-dealkylation sites (tertiary alicyclic amines) is 1. The third-order valence-electron chi connectivity index (χ3n) is 5.66. The van der Waals surface area contributed by atoms with Crippen molar-refractivity contribution in [2.75, 3.05) is 23.3 Å². The minimum absolute atomic E-state index is 0.0125. The third kappa shape index (κ3) is 3.96. The van der Waals surface area contributed by atoms with Gasteiger partial charge in [0.15, 0.2) is 0 Å². The number of amides is 4. The summed E-state index contributed by atoms with van der Waals surface area (Å²) in [7, 11) is 0. The van der Waals surface area contributed by atoms with Crippen molar-refractivity contribution in [3.05, 3.63) is 59.7 Å². The summed E-state index contributed by atoms with van der Waals surface area (Å²) in [5.74, 6) is -1.24. The Morgan fingerprint density at radius 2 is 1.73 bits per heavy atom. The van der Waals surface area contributed by atoms with Crippen LogP contribution >= 0.6 is 0 Å². The van der Waals surface area contributed by atoms with Crippen LogP contribution in [0.2, 0.25) is 0 Å². The van der Waals surface area contributed by atoms with Gasteiger partial charge in [0.05, 0.1) is 0 Å². The van der Waals surface area contributed by atoms with Gasteiger partial charge < -0.3 is 10.2 Å². The highest BCUT2D eigenvalue weighted by Crippen LogP contribution is 2.31. The summed E-state index contributed by atoms with van der Waals surface area (Å²) in [6, 6.07) is 14.9. The van der Waals surface area contributed by atoms with Crippen molar-refractivity contribution in [2.24, 2.45) is 0 Å².